The van der Waals surface area contributed by atoms with Crippen molar-refractivity contribution in [3.8, 4) is 0 Å². The highest BCUT2D eigenvalue weighted by Crippen LogP contribution is 1.95. The fourth-order valence-electron chi connectivity index (χ4n) is 0.601. The fourth-order valence-corrected chi connectivity index (χ4v) is 0.991. The van der Waals surface area contributed by atoms with E-state index in [2.05, 4.69) is 19.2 Å². The summed E-state index contributed by atoms with van der Waals surface area (Å²) in [4.78, 5) is 11.0. The SMILES string of the molecule is CSCCC(=O)NCC(C)C. The minimum absolute atomic E-state index is 0.174. The number of thioether (sulfide) groups is 1. The van der Waals surface area contributed by atoms with Crippen molar-refractivity contribution < 1.29 is 4.79 Å². The van der Waals surface area contributed by atoms with Gasteiger partial charge in [0.2, 0.25) is 5.91 Å². The van der Waals surface area contributed by atoms with E-state index in [1.807, 2.05) is 6.26 Å². The molecule has 0 saturated heterocycles. The van der Waals surface area contributed by atoms with E-state index in [9.17, 15) is 4.79 Å². The number of hydrogen-bond acceptors (Lipinski definition) is 2. The molecule has 0 aliphatic rings. The number of carbonyl (C=O) groups is 1. The first-order chi connectivity index (χ1) is 5.16. The molecule has 0 spiro atoms. The lowest BCUT2D eigenvalue weighted by Crippen LogP contribution is -2.27. The van der Waals surface area contributed by atoms with Crippen molar-refractivity contribution in [2.24, 2.45) is 5.92 Å². The second-order valence-corrected chi connectivity index (χ2v) is 3.93. The molecule has 0 aliphatic heterocycles. The molecule has 11 heavy (non-hydrogen) atoms. The summed E-state index contributed by atoms with van der Waals surface area (Å²) < 4.78 is 0. The highest BCUT2D eigenvalue weighted by molar-refractivity contribution is 7.98. The Hall–Kier alpha value is -0.180. The summed E-state index contributed by atoms with van der Waals surface area (Å²) in [5, 5.41) is 2.86. The van der Waals surface area contributed by atoms with Gasteiger partial charge in [0, 0.05) is 18.7 Å². The molecule has 0 aliphatic carbocycles. The van der Waals surface area contributed by atoms with E-state index in [1.165, 1.54) is 0 Å². The van der Waals surface area contributed by atoms with E-state index in [0.29, 0.717) is 12.3 Å². The summed E-state index contributed by atoms with van der Waals surface area (Å²) in [5.41, 5.74) is 0. The van der Waals surface area contributed by atoms with Crippen LogP contribution in [-0.2, 0) is 4.79 Å². The largest absolute Gasteiger partial charge is 0.356 e. The summed E-state index contributed by atoms with van der Waals surface area (Å²) in [6.45, 7) is 4.98. The third kappa shape index (κ3) is 7.72. The van der Waals surface area contributed by atoms with Crippen LogP contribution < -0.4 is 5.32 Å². The molecule has 1 amide bonds. The van der Waals surface area contributed by atoms with Crippen molar-refractivity contribution in [3.63, 3.8) is 0 Å². The molecule has 1 N–H and O–H groups in total. The Morgan fingerprint density at radius 3 is 2.64 bits per heavy atom. The van der Waals surface area contributed by atoms with Crippen LogP contribution in [0.1, 0.15) is 20.3 Å². The summed E-state index contributed by atoms with van der Waals surface area (Å²) in [7, 11) is 0. The first kappa shape index (κ1) is 10.8. The predicted octanol–water partition coefficient (Wildman–Crippen LogP) is 1.51. The van der Waals surface area contributed by atoms with E-state index in [-0.39, 0.29) is 5.91 Å². The zero-order chi connectivity index (χ0) is 8.69. The Morgan fingerprint density at radius 2 is 2.18 bits per heavy atom. The average Bonchev–Trinajstić information content (AvgIpc) is 1.97. The maximum absolute atomic E-state index is 11.0. The van der Waals surface area contributed by atoms with Gasteiger partial charge in [-0.3, -0.25) is 4.79 Å². The van der Waals surface area contributed by atoms with Gasteiger partial charge in [-0.15, -0.1) is 0 Å². The van der Waals surface area contributed by atoms with Crippen molar-refractivity contribution in [2.75, 3.05) is 18.6 Å². The van der Waals surface area contributed by atoms with Gasteiger partial charge < -0.3 is 5.32 Å². The number of carbonyl (C=O) groups excluding carboxylic acids is 1. The van der Waals surface area contributed by atoms with Gasteiger partial charge in [0.25, 0.3) is 0 Å². The lowest BCUT2D eigenvalue weighted by Gasteiger charge is -2.06. The third-order valence-electron chi connectivity index (χ3n) is 1.24. The Labute approximate surface area is 73.1 Å². The van der Waals surface area contributed by atoms with Crippen molar-refractivity contribution in [1.29, 1.82) is 0 Å². The monoisotopic (exact) mass is 175 g/mol. The van der Waals surface area contributed by atoms with E-state index >= 15 is 0 Å². The zero-order valence-electron chi connectivity index (χ0n) is 7.52. The van der Waals surface area contributed by atoms with Crippen molar-refractivity contribution in [2.45, 2.75) is 20.3 Å². The Balaban J connectivity index is 3.23. The minimum Gasteiger partial charge on any atom is -0.356 e. The van der Waals surface area contributed by atoms with E-state index in [4.69, 9.17) is 0 Å². The van der Waals surface area contributed by atoms with Crippen LogP contribution in [0.3, 0.4) is 0 Å². The normalized spacial score (nSPS) is 10.2. The quantitative estimate of drug-likeness (QED) is 0.686. The lowest BCUT2D eigenvalue weighted by molar-refractivity contribution is -0.120. The molecule has 0 atom stereocenters. The van der Waals surface area contributed by atoms with Gasteiger partial charge in [0.1, 0.15) is 0 Å². The van der Waals surface area contributed by atoms with E-state index in [0.717, 1.165) is 12.3 Å². The molecule has 2 nitrogen and oxygen atoms in total. The molecule has 0 fully saturated rings. The van der Waals surface area contributed by atoms with Crippen LogP contribution >= 0.6 is 11.8 Å². The first-order valence-electron chi connectivity index (χ1n) is 3.92. The lowest BCUT2D eigenvalue weighted by atomic mass is 10.2. The van der Waals surface area contributed by atoms with E-state index in [1.54, 1.807) is 11.8 Å². The highest BCUT2D eigenvalue weighted by atomic mass is 32.2. The van der Waals surface area contributed by atoms with Crippen LogP contribution in [0.5, 0.6) is 0 Å². The van der Waals surface area contributed by atoms with Crippen LogP contribution in [-0.4, -0.2) is 24.5 Å². The van der Waals surface area contributed by atoms with Crippen LogP contribution in [0.15, 0.2) is 0 Å². The summed E-state index contributed by atoms with van der Waals surface area (Å²) in [6.07, 6.45) is 2.66. The maximum atomic E-state index is 11.0. The summed E-state index contributed by atoms with van der Waals surface area (Å²) in [6, 6.07) is 0. The molecule has 0 heterocycles. The predicted molar refractivity (Wildman–Crippen MR) is 50.8 cm³/mol. The molecule has 0 aromatic carbocycles. The molecule has 0 aromatic rings. The average molecular weight is 175 g/mol. The first-order valence-corrected chi connectivity index (χ1v) is 5.31. The van der Waals surface area contributed by atoms with Crippen molar-refractivity contribution in [3.05, 3.63) is 0 Å². The molecule has 0 rings (SSSR count). The fraction of sp³-hybridized carbons (Fsp3) is 0.875. The number of rotatable bonds is 5. The number of hydrogen-bond donors (Lipinski definition) is 1. The molecular weight excluding hydrogens is 158 g/mol. The molecule has 0 unspecified atom stereocenters. The molecule has 0 radical (unpaired) electrons. The van der Waals surface area contributed by atoms with Gasteiger partial charge in [-0.25, -0.2) is 0 Å². The molecular formula is C8H17NOS. The number of amides is 1. The smallest absolute Gasteiger partial charge is 0.220 e. The topological polar surface area (TPSA) is 29.1 Å². The van der Waals surface area contributed by atoms with Gasteiger partial charge in [-0.05, 0) is 12.2 Å². The molecule has 0 bridgehead atoms. The molecule has 0 aromatic heterocycles. The minimum atomic E-state index is 0.174. The van der Waals surface area contributed by atoms with Crippen molar-refractivity contribution >= 4 is 17.7 Å². The van der Waals surface area contributed by atoms with Crippen LogP contribution in [0.2, 0.25) is 0 Å². The molecule has 0 saturated carbocycles. The highest BCUT2D eigenvalue weighted by Gasteiger charge is 2.00. The second kappa shape index (κ2) is 6.53. The standard InChI is InChI=1S/C8H17NOS/c1-7(2)6-9-8(10)4-5-11-3/h7H,4-6H2,1-3H3,(H,9,10). The summed E-state index contributed by atoms with van der Waals surface area (Å²) >= 11 is 1.70. The second-order valence-electron chi connectivity index (χ2n) is 2.94. The Kier molecular flexibility index (Phi) is 6.42. The Morgan fingerprint density at radius 1 is 1.55 bits per heavy atom. The van der Waals surface area contributed by atoms with E-state index < -0.39 is 0 Å². The maximum Gasteiger partial charge on any atom is 0.220 e. The zero-order valence-corrected chi connectivity index (χ0v) is 8.33. The molecule has 66 valence electrons. The van der Waals surface area contributed by atoms with Crippen LogP contribution in [0.4, 0.5) is 0 Å². The van der Waals surface area contributed by atoms with Crippen molar-refractivity contribution in [1.82, 2.24) is 5.32 Å². The van der Waals surface area contributed by atoms with Gasteiger partial charge in [-0.1, -0.05) is 13.8 Å². The Bertz CT molecular complexity index is 115. The van der Waals surface area contributed by atoms with Crippen LogP contribution in [0.25, 0.3) is 0 Å². The van der Waals surface area contributed by atoms with Gasteiger partial charge >= 0.3 is 0 Å². The van der Waals surface area contributed by atoms with Gasteiger partial charge in [0.05, 0.1) is 0 Å². The van der Waals surface area contributed by atoms with Gasteiger partial charge in [-0.2, -0.15) is 11.8 Å². The number of nitrogens with one attached hydrogen (secondary N) is 1. The van der Waals surface area contributed by atoms with Crippen LogP contribution in [0, 0.1) is 5.92 Å². The van der Waals surface area contributed by atoms with Gasteiger partial charge in [0.15, 0.2) is 0 Å². The third-order valence-corrected chi connectivity index (χ3v) is 1.85. The molecule has 3 heteroatoms. The summed E-state index contributed by atoms with van der Waals surface area (Å²) in [5.74, 6) is 1.64.